The summed E-state index contributed by atoms with van der Waals surface area (Å²) in [6.07, 6.45) is 11.9. The molecule has 4 rings (SSSR count). The summed E-state index contributed by atoms with van der Waals surface area (Å²) >= 11 is 3.82. The standard InChI is InChI=1S/C15H20BrN3/c16-10-7-11-5-6-12(8-10)19(11)15-13-3-1-2-4-14(13)17-9-18-15/h9-12H,1-8H2. The van der Waals surface area contributed by atoms with Crippen molar-refractivity contribution in [1.82, 2.24) is 9.97 Å². The summed E-state index contributed by atoms with van der Waals surface area (Å²) in [6.45, 7) is 0. The maximum Gasteiger partial charge on any atom is 0.135 e. The molecule has 102 valence electrons. The van der Waals surface area contributed by atoms with Gasteiger partial charge in [0.2, 0.25) is 0 Å². The van der Waals surface area contributed by atoms with E-state index in [1.165, 1.54) is 62.0 Å². The zero-order valence-corrected chi connectivity index (χ0v) is 12.8. The lowest BCUT2D eigenvalue weighted by atomic mass is 9.94. The summed E-state index contributed by atoms with van der Waals surface area (Å²) in [5.74, 6) is 1.27. The minimum atomic E-state index is 0.698. The second kappa shape index (κ2) is 4.72. The fourth-order valence-electron chi connectivity index (χ4n) is 4.18. The Morgan fingerprint density at radius 3 is 2.58 bits per heavy atom. The normalized spacial score (nSPS) is 33.3. The maximum absolute atomic E-state index is 4.68. The second-order valence-electron chi connectivity index (χ2n) is 6.19. The number of fused-ring (bicyclic) bond motifs is 3. The molecule has 19 heavy (non-hydrogen) atoms. The molecule has 1 aromatic rings. The number of hydrogen-bond donors (Lipinski definition) is 0. The van der Waals surface area contributed by atoms with E-state index in [9.17, 15) is 0 Å². The summed E-state index contributed by atoms with van der Waals surface area (Å²) in [5.41, 5.74) is 2.77. The predicted molar refractivity (Wildman–Crippen MR) is 79.9 cm³/mol. The van der Waals surface area contributed by atoms with E-state index in [1.807, 2.05) is 0 Å². The van der Waals surface area contributed by atoms with Crippen LogP contribution in [-0.2, 0) is 12.8 Å². The van der Waals surface area contributed by atoms with Crippen LogP contribution >= 0.6 is 15.9 Å². The van der Waals surface area contributed by atoms with Gasteiger partial charge in [0.05, 0.1) is 0 Å². The highest BCUT2D eigenvalue weighted by molar-refractivity contribution is 9.09. The molecule has 3 heterocycles. The van der Waals surface area contributed by atoms with Crippen molar-refractivity contribution in [3.8, 4) is 0 Å². The number of nitrogens with zero attached hydrogens (tertiary/aromatic N) is 3. The van der Waals surface area contributed by atoms with Gasteiger partial charge >= 0.3 is 0 Å². The minimum absolute atomic E-state index is 0.698. The summed E-state index contributed by atoms with van der Waals surface area (Å²) in [4.78, 5) is 12.5. The highest BCUT2D eigenvalue weighted by Gasteiger charge is 2.41. The quantitative estimate of drug-likeness (QED) is 0.743. The van der Waals surface area contributed by atoms with Gasteiger partial charge in [-0.25, -0.2) is 9.97 Å². The van der Waals surface area contributed by atoms with Crippen molar-refractivity contribution >= 4 is 21.7 Å². The molecule has 0 spiro atoms. The topological polar surface area (TPSA) is 29.0 Å². The van der Waals surface area contributed by atoms with E-state index in [0.29, 0.717) is 16.9 Å². The summed E-state index contributed by atoms with van der Waals surface area (Å²) < 4.78 is 0. The Labute approximate surface area is 122 Å². The summed E-state index contributed by atoms with van der Waals surface area (Å²) in [7, 11) is 0. The Bertz CT molecular complexity index is 476. The first-order valence-corrected chi connectivity index (χ1v) is 8.49. The van der Waals surface area contributed by atoms with Gasteiger partial charge in [-0.2, -0.15) is 0 Å². The van der Waals surface area contributed by atoms with E-state index < -0.39 is 0 Å². The van der Waals surface area contributed by atoms with Crippen molar-refractivity contribution in [2.45, 2.75) is 68.3 Å². The second-order valence-corrected chi connectivity index (χ2v) is 7.49. The van der Waals surface area contributed by atoms with Crippen LogP contribution in [0.4, 0.5) is 5.82 Å². The van der Waals surface area contributed by atoms with Crippen molar-refractivity contribution in [2.24, 2.45) is 0 Å². The molecule has 1 aliphatic carbocycles. The Hall–Kier alpha value is -0.640. The predicted octanol–water partition coefficient (Wildman–Crippen LogP) is 3.25. The number of hydrogen-bond acceptors (Lipinski definition) is 3. The number of rotatable bonds is 1. The maximum atomic E-state index is 4.68. The van der Waals surface area contributed by atoms with Crippen molar-refractivity contribution in [1.29, 1.82) is 0 Å². The highest BCUT2D eigenvalue weighted by atomic mass is 79.9. The Morgan fingerprint density at radius 1 is 1.05 bits per heavy atom. The molecule has 3 aliphatic rings. The number of aromatic nitrogens is 2. The molecule has 0 N–H and O–H groups in total. The molecule has 3 nitrogen and oxygen atoms in total. The largest absolute Gasteiger partial charge is 0.350 e. The molecule has 0 amide bonds. The Balaban J connectivity index is 1.73. The van der Waals surface area contributed by atoms with Crippen molar-refractivity contribution in [2.75, 3.05) is 4.90 Å². The monoisotopic (exact) mass is 321 g/mol. The fourth-order valence-corrected chi connectivity index (χ4v) is 5.05. The number of alkyl halides is 1. The van der Waals surface area contributed by atoms with Crippen molar-refractivity contribution in [3.63, 3.8) is 0 Å². The van der Waals surface area contributed by atoms with Gasteiger partial charge in [0.25, 0.3) is 0 Å². The third-order valence-corrected chi connectivity index (χ3v) is 5.77. The van der Waals surface area contributed by atoms with E-state index in [-0.39, 0.29) is 0 Å². The highest BCUT2D eigenvalue weighted by Crippen LogP contribution is 2.42. The zero-order valence-electron chi connectivity index (χ0n) is 11.2. The smallest absolute Gasteiger partial charge is 0.135 e. The first-order valence-electron chi connectivity index (χ1n) is 7.58. The van der Waals surface area contributed by atoms with Gasteiger partial charge in [-0.15, -0.1) is 0 Å². The van der Waals surface area contributed by atoms with Crippen LogP contribution in [0.15, 0.2) is 6.33 Å². The lowest BCUT2D eigenvalue weighted by Gasteiger charge is -2.39. The average Bonchev–Trinajstić information content (AvgIpc) is 2.70. The molecule has 0 saturated carbocycles. The van der Waals surface area contributed by atoms with Gasteiger partial charge in [-0.3, -0.25) is 0 Å². The summed E-state index contributed by atoms with van der Waals surface area (Å²) in [5, 5.41) is 0. The number of anilines is 1. The van der Waals surface area contributed by atoms with E-state index in [4.69, 9.17) is 0 Å². The van der Waals surface area contributed by atoms with Gasteiger partial charge in [0.1, 0.15) is 12.1 Å². The van der Waals surface area contributed by atoms with Crippen LogP contribution in [0.25, 0.3) is 0 Å². The third kappa shape index (κ3) is 1.99. The molecule has 1 aromatic heterocycles. The molecule has 0 radical (unpaired) electrons. The lowest BCUT2D eigenvalue weighted by Crippen LogP contribution is -2.44. The van der Waals surface area contributed by atoms with Crippen LogP contribution in [0.2, 0.25) is 0 Å². The molecule has 2 aliphatic heterocycles. The molecule has 2 fully saturated rings. The first-order chi connectivity index (χ1) is 9.33. The van der Waals surface area contributed by atoms with Gasteiger partial charge < -0.3 is 4.90 Å². The van der Waals surface area contributed by atoms with E-state index in [2.05, 4.69) is 30.8 Å². The fraction of sp³-hybridized carbons (Fsp3) is 0.733. The average molecular weight is 322 g/mol. The van der Waals surface area contributed by atoms with Crippen LogP contribution in [-0.4, -0.2) is 26.9 Å². The van der Waals surface area contributed by atoms with Gasteiger partial charge in [0.15, 0.2) is 0 Å². The summed E-state index contributed by atoms with van der Waals surface area (Å²) in [6, 6.07) is 1.40. The molecule has 4 heteroatoms. The third-order valence-electron chi connectivity index (χ3n) is 5.02. The number of halogens is 1. The van der Waals surface area contributed by atoms with E-state index in [0.717, 1.165) is 6.42 Å². The van der Waals surface area contributed by atoms with Crippen LogP contribution in [0, 0.1) is 0 Å². The molecular weight excluding hydrogens is 302 g/mol. The minimum Gasteiger partial charge on any atom is -0.350 e. The Morgan fingerprint density at radius 2 is 1.79 bits per heavy atom. The first kappa shape index (κ1) is 12.1. The molecule has 2 atom stereocenters. The van der Waals surface area contributed by atoms with Gasteiger partial charge in [-0.1, -0.05) is 15.9 Å². The zero-order chi connectivity index (χ0) is 12.8. The van der Waals surface area contributed by atoms with Crippen molar-refractivity contribution in [3.05, 3.63) is 17.6 Å². The van der Waals surface area contributed by atoms with Crippen molar-refractivity contribution < 1.29 is 0 Å². The van der Waals surface area contributed by atoms with E-state index in [1.54, 1.807) is 6.33 Å². The molecule has 0 aromatic carbocycles. The molecular formula is C15H20BrN3. The van der Waals surface area contributed by atoms with Crippen LogP contribution in [0.5, 0.6) is 0 Å². The van der Waals surface area contributed by atoms with Gasteiger partial charge in [0, 0.05) is 28.2 Å². The number of piperidine rings is 1. The molecule has 2 saturated heterocycles. The SMILES string of the molecule is BrC1CC2CCC(C1)N2c1ncnc2c1CCCC2. The van der Waals surface area contributed by atoms with Crippen LogP contribution in [0.1, 0.15) is 49.8 Å². The Kier molecular flexibility index (Phi) is 3.02. The molecule has 2 bridgehead atoms. The lowest BCUT2D eigenvalue weighted by molar-refractivity contribution is 0.475. The van der Waals surface area contributed by atoms with Gasteiger partial charge in [-0.05, 0) is 51.4 Å². The number of aryl methyl sites for hydroxylation is 1. The van der Waals surface area contributed by atoms with Crippen LogP contribution in [0.3, 0.4) is 0 Å². The van der Waals surface area contributed by atoms with Crippen LogP contribution < -0.4 is 4.90 Å². The molecule has 2 unspecified atom stereocenters. The van der Waals surface area contributed by atoms with E-state index >= 15 is 0 Å².